The molecule has 2 atom stereocenters. The van der Waals surface area contributed by atoms with E-state index in [0.717, 1.165) is 19.3 Å². The summed E-state index contributed by atoms with van der Waals surface area (Å²) in [5.41, 5.74) is 0.0199. The second kappa shape index (κ2) is 4.69. The summed E-state index contributed by atoms with van der Waals surface area (Å²) in [6, 6.07) is 3.29. The van der Waals surface area contributed by atoms with Gasteiger partial charge in [-0.15, -0.1) is 0 Å². The Morgan fingerprint density at radius 1 is 1.35 bits per heavy atom. The minimum absolute atomic E-state index is 0.0963. The molecule has 0 aliphatic carbocycles. The molecule has 0 saturated carbocycles. The molecule has 2 unspecified atom stereocenters. The Labute approximate surface area is 99.8 Å². The van der Waals surface area contributed by atoms with E-state index in [1.54, 1.807) is 0 Å². The fraction of sp³-hybridized carbons (Fsp3) is 0.583. The molecule has 1 N–H and O–H groups in total. The van der Waals surface area contributed by atoms with E-state index < -0.39 is 0 Å². The van der Waals surface area contributed by atoms with Gasteiger partial charge in [-0.2, -0.15) is 5.10 Å². The average molecular weight is 235 g/mol. The second-order valence-corrected chi connectivity index (χ2v) is 4.65. The molecule has 5 nitrogen and oxygen atoms in total. The van der Waals surface area contributed by atoms with Crippen molar-refractivity contribution in [2.75, 3.05) is 0 Å². The highest BCUT2D eigenvalue weighted by Crippen LogP contribution is 2.23. The van der Waals surface area contributed by atoms with Gasteiger partial charge in [0.25, 0.3) is 11.5 Å². The van der Waals surface area contributed by atoms with Crippen LogP contribution in [0.1, 0.15) is 43.6 Å². The highest BCUT2D eigenvalue weighted by Gasteiger charge is 2.30. The number of hydrogen-bond donors (Lipinski definition) is 1. The van der Waals surface area contributed by atoms with E-state index in [9.17, 15) is 9.59 Å². The maximum Gasteiger partial charge on any atom is 0.274 e. The van der Waals surface area contributed by atoms with Gasteiger partial charge in [-0.25, -0.2) is 5.10 Å². The Kier molecular flexibility index (Phi) is 3.26. The van der Waals surface area contributed by atoms with E-state index in [1.807, 2.05) is 4.90 Å². The van der Waals surface area contributed by atoms with Gasteiger partial charge in [-0.05, 0) is 39.2 Å². The van der Waals surface area contributed by atoms with Gasteiger partial charge >= 0.3 is 0 Å². The molecule has 0 bridgehead atoms. The average Bonchev–Trinajstić information content (AvgIpc) is 2.29. The molecule has 2 heterocycles. The Morgan fingerprint density at radius 3 is 2.53 bits per heavy atom. The molecule has 1 fully saturated rings. The van der Waals surface area contributed by atoms with Crippen molar-refractivity contribution < 1.29 is 4.79 Å². The fourth-order valence-electron chi connectivity index (χ4n) is 2.42. The van der Waals surface area contributed by atoms with Gasteiger partial charge in [0, 0.05) is 18.2 Å². The lowest BCUT2D eigenvalue weighted by atomic mass is 9.97. The molecule has 17 heavy (non-hydrogen) atoms. The lowest BCUT2D eigenvalue weighted by Crippen LogP contribution is -2.47. The number of carbonyl (C=O) groups excluding carboxylic acids is 1. The van der Waals surface area contributed by atoms with Crippen LogP contribution in [0.15, 0.2) is 16.9 Å². The third-order valence-electron chi connectivity index (χ3n) is 3.33. The molecule has 1 amide bonds. The number of nitrogens with one attached hydrogen (secondary N) is 1. The number of H-pyrrole nitrogens is 1. The fourth-order valence-corrected chi connectivity index (χ4v) is 2.42. The third-order valence-corrected chi connectivity index (χ3v) is 3.33. The van der Waals surface area contributed by atoms with E-state index in [0.29, 0.717) is 5.69 Å². The van der Waals surface area contributed by atoms with Crippen LogP contribution in [0.5, 0.6) is 0 Å². The number of hydrogen-bond acceptors (Lipinski definition) is 3. The van der Waals surface area contributed by atoms with E-state index in [2.05, 4.69) is 24.0 Å². The minimum Gasteiger partial charge on any atom is -0.332 e. The van der Waals surface area contributed by atoms with E-state index >= 15 is 0 Å². The highest BCUT2D eigenvalue weighted by molar-refractivity contribution is 5.92. The molecular formula is C12H17N3O2. The molecular weight excluding hydrogens is 218 g/mol. The van der Waals surface area contributed by atoms with Crippen molar-refractivity contribution >= 4 is 5.91 Å². The second-order valence-electron chi connectivity index (χ2n) is 4.65. The molecule has 0 radical (unpaired) electrons. The van der Waals surface area contributed by atoms with Gasteiger partial charge < -0.3 is 4.90 Å². The van der Waals surface area contributed by atoms with Crippen molar-refractivity contribution in [3.8, 4) is 0 Å². The van der Waals surface area contributed by atoms with Crippen LogP contribution in [0.25, 0.3) is 0 Å². The zero-order valence-corrected chi connectivity index (χ0v) is 10.1. The van der Waals surface area contributed by atoms with E-state index in [4.69, 9.17) is 0 Å². The standard InChI is InChI=1S/C12H17N3O2/c1-8-4-3-5-9(2)15(8)12(17)10-6-7-11(16)14-13-10/h6-9H,3-5H2,1-2H3,(H,14,16). The molecule has 2 rings (SSSR count). The number of aromatic nitrogens is 2. The van der Waals surface area contributed by atoms with Gasteiger partial charge in [-0.1, -0.05) is 0 Å². The van der Waals surface area contributed by atoms with Gasteiger partial charge in [-0.3, -0.25) is 9.59 Å². The van der Waals surface area contributed by atoms with Crippen LogP contribution in [0, 0.1) is 0 Å². The number of piperidine rings is 1. The van der Waals surface area contributed by atoms with Gasteiger partial charge in [0.2, 0.25) is 0 Å². The topological polar surface area (TPSA) is 66.1 Å². The van der Waals surface area contributed by atoms with E-state index in [1.165, 1.54) is 12.1 Å². The van der Waals surface area contributed by atoms with Crippen LogP contribution in [-0.2, 0) is 0 Å². The molecule has 92 valence electrons. The van der Waals surface area contributed by atoms with Crippen LogP contribution in [-0.4, -0.2) is 33.1 Å². The van der Waals surface area contributed by atoms with Crippen molar-refractivity contribution in [2.24, 2.45) is 0 Å². The Morgan fingerprint density at radius 2 is 2.00 bits per heavy atom. The normalized spacial score (nSPS) is 24.7. The van der Waals surface area contributed by atoms with Crippen molar-refractivity contribution in [2.45, 2.75) is 45.2 Å². The largest absolute Gasteiger partial charge is 0.332 e. The molecule has 1 saturated heterocycles. The number of nitrogens with zero attached hydrogens (tertiary/aromatic N) is 2. The first-order valence-electron chi connectivity index (χ1n) is 5.98. The molecule has 5 heteroatoms. The number of carbonyl (C=O) groups is 1. The summed E-state index contributed by atoms with van der Waals surface area (Å²) in [4.78, 5) is 25.0. The van der Waals surface area contributed by atoms with Gasteiger partial charge in [0.15, 0.2) is 0 Å². The molecule has 0 spiro atoms. The lowest BCUT2D eigenvalue weighted by Gasteiger charge is -2.38. The van der Waals surface area contributed by atoms with Crippen molar-refractivity contribution in [3.05, 3.63) is 28.2 Å². The minimum atomic E-state index is -0.290. The van der Waals surface area contributed by atoms with Crippen LogP contribution in [0.3, 0.4) is 0 Å². The smallest absolute Gasteiger partial charge is 0.274 e. The number of amides is 1. The van der Waals surface area contributed by atoms with Crippen LogP contribution >= 0.6 is 0 Å². The van der Waals surface area contributed by atoms with Crippen LogP contribution < -0.4 is 5.56 Å². The molecule has 1 aliphatic rings. The molecule has 1 aromatic rings. The first kappa shape index (κ1) is 11.8. The van der Waals surface area contributed by atoms with E-state index in [-0.39, 0.29) is 23.6 Å². The summed E-state index contributed by atoms with van der Waals surface area (Å²) in [5.74, 6) is -0.0963. The van der Waals surface area contributed by atoms with Gasteiger partial charge in [0.05, 0.1) is 0 Å². The summed E-state index contributed by atoms with van der Waals surface area (Å²) < 4.78 is 0. The maximum absolute atomic E-state index is 12.3. The summed E-state index contributed by atoms with van der Waals surface area (Å²) in [5, 5.41) is 6.09. The lowest BCUT2D eigenvalue weighted by molar-refractivity contribution is 0.0503. The zero-order valence-electron chi connectivity index (χ0n) is 10.1. The summed E-state index contributed by atoms with van der Waals surface area (Å²) >= 11 is 0. The third kappa shape index (κ3) is 2.38. The molecule has 1 aromatic heterocycles. The summed E-state index contributed by atoms with van der Waals surface area (Å²) in [7, 11) is 0. The first-order valence-corrected chi connectivity index (χ1v) is 5.98. The van der Waals surface area contributed by atoms with Crippen molar-refractivity contribution in [3.63, 3.8) is 0 Å². The zero-order chi connectivity index (χ0) is 12.4. The van der Waals surface area contributed by atoms with Crippen LogP contribution in [0.4, 0.5) is 0 Å². The summed E-state index contributed by atoms with van der Waals surface area (Å²) in [6.45, 7) is 4.11. The Balaban J connectivity index is 2.23. The molecule has 0 aromatic carbocycles. The SMILES string of the molecule is CC1CCCC(C)N1C(=O)c1ccc(=O)[nH]n1. The first-order chi connectivity index (χ1) is 8.09. The molecule has 1 aliphatic heterocycles. The highest BCUT2D eigenvalue weighted by atomic mass is 16.2. The number of likely N-dealkylation sites (tertiary alicyclic amines) is 1. The van der Waals surface area contributed by atoms with Crippen molar-refractivity contribution in [1.29, 1.82) is 0 Å². The maximum atomic E-state index is 12.3. The predicted molar refractivity (Wildman–Crippen MR) is 63.8 cm³/mol. The van der Waals surface area contributed by atoms with Gasteiger partial charge in [0.1, 0.15) is 5.69 Å². The Hall–Kier alpha value is -1.65. The van der Waals surface area contributed by atoms with Crippen LogP contribution in [0.2, 0.25) is 0 Å². The quantitative estimate of drug-likeness (QED) is 0.794. The number of rotatable bonds is 1. The monoisotopic (exact) mass is 235 g/mol. The Bertz CT molecular complexity index is 439. The summed E-state index contributed by atoms with van der Waals surface area (Å²) in [6.07, 6.45) is 3.21. The van der Waals surface area contributed by atoms with Crippen molar-refractivity contribution in [1.82, 2.24) is 15.1 Å². The predicted octanol–water partition coefficient (Wildman–Crippen LogP) is 1.17. The number of aromatic amines is 1.